The van der Waals surface area contributed by atoms with E-state index in [1.54, 1.807) is 36.4 Å². The molecule has 0 aromatic heterocycles. The number of carbonyl (C=O) groups is 7. The van der Waals surface area contributed by atoms with Crippen molar-refractivity contribution < 1.29 is 99.1 Å². The quantitative estimate of drug-likeness (QED) is 0.136. The molecular formula is C38H46NO21P. The van der Waals surface area contributed by atoms with E-state index in [4.69, 9.17) is 60.9 Å². The highest BCUT2D eigenvalue weighted by Gasteiger charge is 2.59. The summed E-state index contributed by atoms with van der Waals surface area (Å²) in [6.07, 6.45) is -19.2. The lowest BCUT2D eigenvalue weighted by molar-refractivity contribution is -0.359. The van der Waals surface area contributed by atoms with E-state index in [0.29, 0.717) is 0 Å². The van der Waals surface area contributed by atoms with Gasteiger partial charge in [-0.3, -0.25) is 28.8 Å². The van der Waals surface area contributed by atoms with Gasteiger partial charge in [0.25, 0.3) is 0 Å². The topological polar surface area (TPSA) is 269 Å². The van der Waals surface area contributed by atoms with E-state index in [-0.39, 0.29) is 11.5 Å². The van der Waals surface area contributed by atoms with Crippen molar-refractivity contribution in [3.8, 4) is 11.5 Å². The first-order valence-electron chi connectivity index (χ1n) is 18.5. The number of hydrogen-bond acceptors (Lipinski definition) is 21. The number of benzene rings is 2. The van der Waals surface area contributed by atoms with Gasteiger partial charge in [-0.2, -0.15) is 0 Å². The molecule has 2 aromatic rings. The van der Waals surface area contributed by atoms with Crippen LogP contribution in [0.5, 0.6) is 11.5 Å². The Morgan fingerprint density at radius 2 is 0.918 bits per heavy atom. The van der Waals surface area contributed by atoms with E-state index >= 15 is 0 Å². The molecule has 334 valence electrons. The molecule has 2 heterocycles. The molecule has 23 heteroatoms. The van der Waals surface area contributed by atoms with Crippen LogP contribution in [-0.2, 0) is 85.2 Å². The van der Waals surface area contributed by atoms with Gasteiger partial charge in [0.15, 0.2) is 42.9 Å². The lowest BCUT2D eigenvalue weighted by Gasteiger charge is -2.48. The number of phosphoric acid groups is 1. The number of esters is 6. The fourth-order valence-electron chi connectivity index (χ4n) is 5.95. The molecule has 10 atom stereocenters. The maximum atomic E-state index is 14.8. The molecule has 4 rings (SSSR count). The molecule has 0 radical (unpaired) electrons. The second kappa shape index (κ2) is 22.2. The number of nitrogens with one attached hydrogen (secondary N) is 1. The fraction of sp³-hybridized carbons (Fsp3) is 0.500. The Balaban J connectivity index is 1.93. The fourth-order valence-corrected chi connectivity index (χ4v) is 7.26. The lowest BCUT2D eigenvalue weighted by Crippen LogP contribution is -2.67. The second-order valence-corrected chi connectivity index (χ2v) is 14.5. The highest BCUT2D eigenvalue weighted by atomic mass is 31.2. The second-order valence-electron chi connectivity index (χ2n) is 13.1. The van der Waals surface area contributed by atoms with E-state index < -0.39 is 124 Å². The number of ether oxygens (including phenoxy) is 10. The van der Waals surface area contributed by atoms with Crippen LogP contribution < -0.4 is 14.4 Å². The average Bonchev–Trinajstić information content (AvgIpc) is 3.17. The number of rotatable bonds is 17. The van der Waals surface area contributed by atoms with Gasteiger partial charge in [-0.15, -0.1) is 0 Å². The van der Waals surface area contributed by atoms with Gasteiger partial charge < -0.3 is 61.7 Å². The number of alkyl carbamates (subject to hydrolysis) is 1. The Labute approximate surface area is 349 Å². The van der Waals surface area contributed by atoms with Crippen LogP contribution in [0.15, 0.2) is 60.7 Å². The summed E-state index contributed by atoms with van der Waals surface area (Å²) in [6, 6.07) is 15.2. The predicted molar refractivity (Wildman–Crippen MR) is 200 cm³/mol. The molecule has 0 unspecified atom stereocenters. The third-order valence-electron chi connectivity index (χ3n) is 8.18. The largest absolute Gasteiger partial charge is 0.590 e. The van der Waals surface area contributed by atoms with Crippen LogP contribution in [0.3, 0.4) is 0 Å². The van der Waals surface area contributed by atoms with Gasteiger partial charge in [0.2, 0.25) is 6.29 Å². The number of amides is 1. The van der Waals surface area contributed by atoms with Crippen LogP contribution in [0, 0.1) is 0 Å². The van der Waals surface area contributed by atoms with Crippen LogP contribution in [0.25, 0.3) is 0 Å². The lowest BCUT2D eigenvalue weighted by atomic mass is 9.96. The average molecular weight is 884 g/mol. The smallest absolute Gasteiger partial charge is 0.463 e. The Hall–Kier alpha value is -5.80. The first-order chi connectivity index (χ1) is 28.9. The van der Waals surface area contributed by atoms with E-state index in [9.17, 15) is 38.1 Å². The van der Waals surface area contributed by atoms with Crippen molar-refractivity contribution in [3.05, 3.63) is 60.7 Å². The molecule has 22 nitrogen and oxygen atoms in total. The van der Waals surface area contributed by atoms with Gasteiger partial charge >= 0.3 is 49.7 Å². The van der Waals surface area contributed by atoms with E-state index in [0.717, 1.165) is 41.5 Å². The summed E-state index contributed by atoms with van der Waals surface area (Å²) in [7, 11) is -3.81. The van der Waals surface area contributed by atoms with Gasteiger partial charge in [-0.05, 0) is 24.3 Å². The molecule has 1 N–H and O–H groups in total. The number of phosphoric ester groups is 1. The molecule has 2 aromatic carbocycles. The van der Waals surface area contributed by atoms with Crippen LogP contribution in [-0.4, -0.2) is 124 Å². The standard InChI is InChI=1S/C38H46NO21P/c1-20(40)48-18-28-31(51-23(4)43)33(57-38(46)39-7)34(53-25(6)45)36(54-28)56-35-32(52-24(5)44)30(50-22(3)42)29(19-49-21(2)41)55-37(35)60-61(47,58-26-14-10-8-11-15-26)59-27-16-12-9-13-17-27/h8-17,28-37H,18-19H2,1-7H3,(H,39,46)/t28-,29-,30+,31-,32-,33+,34+,35-,36+,37+/m1/s1. The van der Waals surface area contributed by atoms with E-state index in [1.807, 2.05) is 0 Å². The minimum atomic E-state index is -5.01. The summed E-state index contributed by atoms with van der Waals surface area (Å²) in [5.74, 6) is -5.54. The maximum Gasteiger partial charge on any atom is 0.590 e. The highest BCUT2D eigenvalue weighted by Crippen LogP contribution is 2.52. The first-order valence-corrected chi connectivity index (χ1v) is 19.9. The number of carbonyl (C=O) groups excluding carboxylic acids is 7. The molecule has 2 aliphatic heterocycles. The Morgan fingerprint density at radius 3 is 1.33 bits per heavy atom. The number of hydrogen-bond donors (Lipinski definition) is 1. The molecule has 0 aliphatic carbocycles. The van der Waals surface area contributed by atoms with Crippen molar-refractivity contribution in [3.63, 3.8) is 0 Å². The molecule has 2 aliphatic rings. The van der Waals surface area contributed by atoms with E-state index in [1.165, 1.54) is 31.3 Å². The van der Waals surface area contributed by atoms with Crippen molar-refractivity contribution in [2.45, 2.75) is 103 Å². The monoisotopic (exact) mass is 883 g/mol. The van der Waals surface area contributed by atoms with Crippen molar-refractivity contribution >= 4 is 49.7 Å². The zero-order valence-electron chi connectivity index (χ0n) is 34.0. The summed E-state index contributed by atoms with van der Waals surface area (Å²) in [5.41, 5.74) is 0. The molecule has 0 spiro atoms. The van der Waals surface area contributed by atoms with E-state index in [2.05, 4.69) is 5.32 Å². The van der Waals surface area contributed by atoms with Crippen molar-refractivity contribution in [1.29, 1.82) is 0 Å². The Kier molecular flexibility index (Phi) is 17.4. The normalized spacial score (nSPS) is 26.0. The van der Waals surface area contributed by atoms with Crippen LogP contribution in [0.1, 0.15) is 41.5 Å². The Morgan fingerprint density at radius 1 is 0.525 bits per heavy atom. The summed E-state index contributed by atoms with van der Waals surface area (Å²) in [5, 5.41) is 2.22. The van der Waals surface area contributed by atoms with Crippen molar-refractivity contribution in [2.75, 3.05) is 20.3 Å². The molecule has 61 heavy (non-hydrogen) atoms. The zero-order chi connectivity index (χ0) is 44.9. The molecule has 2 fully saturated rings. The first kappa shape index (κ1) is 47.9. The van der Waals surface area contributed by atoms with Crippen molar-refractivity contribution in [1.82, 2.24) is 5.32 Å². The van der Waals surface area contributed by atoms with Crippen LogP contribution in [0.4, 0.5) is 4.79 Å². The summed E-state index contributed by atoms with van der Waals surface area (Å²) >= 11 is 0. The summed E-state index contributed by atoms with van der Waals surface area (Å²) < 4.78 is 89.3. The minimum Gasteiger partial charge on any atom is -0.463 e. The van der Waals surface area contributed by atoms with Crippen LogP contribution in [0.2, 0.25) is 0 Å². The third-order valence-corrected chi connectivity index (χ3v) is 9.52. The summed E-state index contributed by atoms with van der Waals surface area (Å²) in [4.78, 5) is 87.2. The van der Waals surface area contributed by atoms with Gasteiger partial charge in [0.05, 0.1) is 0 Å². The van der Waals surface area contributed by atoms with Gasteiger partial charge in [0, 0.05) is 48.6 Å². The molecule has 0 saturated carbocycles. The third kappa shape index (κ3) is 14.4. The number of para-hydroxylation sites is 2. The predicted octanol–water partition coefficient (Wildman–Crippen LogP) is 2.68. The van der Waals surface area contributed by atoms with Gasteiger partial charge in [-0.25, -0.2) is 13.9 Å². The zero-order valence-corrected chi connectivity index (χ0v) is 34.9. The molecule has 0 bridgehead atoms. The maximum absolute atomic E-state index is 14.8. The van der Waals surface area contributed by atoms with Crippen molar-refractivity contribution in [2.24, 2.45) is 0 Å². The van der Waals surface area contributed by atoms with Gasteiger partial charge in [0.1, 0.15) is 36.9 Å². The van der Waals surface area contributed by atoms with Gasteiger partial charge in [-0.1, -0.05) is 36.4 Å². The Bertz CT molecular complexity index is 1850. The minimum absolute atomic E-state index is 0.0228. The molecule has 1 amide bonds. The van der Waals surface area contributed by atoms with Crippen LogP contribution >= 0.6 is 7.82 Å². The molecular weight excluding hydrogens is 837 g/mol. The SMILES string of the molecule is CNC(=O)O[C@@H]1[C@H](OC(C)=O)[C@H](O[C@H]2[C@H](OP(=O)(Oc3ccccc3)Oc3ccccc3)O[C@H](COC(C)=O)[C@H](OC(C)=O)[C@H]2OC(C)=O)O[C@H](COC(C)=O)[C@H]1OC(C)=O. The molecule has 2 saturated heterocycles. The highest BCUT2D eigenvalue weighted by molar-refractivity contribution is 7.49. The summed E-state index contributed by atoms with van der Waals surface area (Å²) in [6.45, 7) is 4.79.